The summed E-state index contributed by atoms with van der Waals surface area (Å²) in [4.78, 5) is 13.8. The van der Waals surface area contributed by atoms with E-state index in [1.54, 1.807) is 24.7 Å². The topological polar surface area (TPSA) is 71.2 Å². The van der Waals surface area contributed by atoms with Crippen LogP contribution in [0.15, 0.2) is 6.20 Å². The number of carbonyl (C=O) groups is 1. The highest BCUT2D eigenvalue weighted by Crippen LogP contribution is 2.58. The molecule has 2 heterocycles. The lowest BCUT2D eigenvalue weighted by molar-refractivity contribution is -0.199. The van der Waals surface area contributed by atoms with Crippen molar-refractivity contribution < 1.29 is 23.1 Å². The van der Waals surface area contributed by atoms with E-state index < -0.39 is 23.1 Å². The zero-order valence-electron chi connectivity index (χ0n) is 14.4. The predicted octanol–water partition coefficient (Wildman–Crippen LogP) is 2.09. The summed E-state index contributed by atoms with van der Waals surface area (Å²) in [6, 6.07) is 0. The van der Waals surface area contributed by atoms with Gasteiger partial charge >= 0.3 is 6.18 Å². The molecule has 1 aromatic rings. The number of halogens is 3. The second-order valence-corrected chi connectivity index (χ2v) is 7.72. The van der Waals surface area contributed by atoms with Gasteiger partial charge in [0.1, 0.15) is 16.7 Å². The number of rotatable bonds is 4. The molecular formula is C16H23F3N4O2. The Morgan fingerprint density at radius 1 is 1.40 bits per heavy atom. The van der Waals surface area contributed by atoms with Gasteiger partial charge in [-0.1, -0.05) is 5.21 Å². The largest absolute Gasteiger partial charge is 0.403 e. The van der Waals surface area contributed by atoms with Crippen LogP contribution in [-0.4, -0.2) is 50.2 Å². The van der Waals surface area contributed by atoms with E-state index in [2.05, 4.69) is 10.3 Å². The summed E-state index contributed by atoms with van der Waals surface area (Å²) in [5.74, 6) is -0.751. The molecule has 6 nitrogen and oxygen atoms in total. The molecule has 1 aliphatic heterocycles. The van der Waals surface area contributed by atoms with Gasteiger partial charge in [0.2, 0.25) is 5.91 Å². The van der Waals surface area contributed by atoms with Crippen LogP contribution in [-0.2, 0) is 16.9 Å². The van der Waals surface area contributed by atoms with Crippen LogP contribution in [0.3, 0.4) is 0 Å². The van der Waals surface area contributed by atoms with Crippen molar-refractivity contribution in [1.82, 2.24) is 19.9 Å². The molecule has 0 spiro atoms. The molecule has 1 atom stereocenters. The van der Waals surface area contributed by atoms with Crippen LogP contribution in [0.5, 0.6) is 0 Å². The van der Waals surface area contributed by atoms with Crippen LogP contribution in [0.4, 0.5) is 13.2 Å². The van der Waals surface area contributed by atoms with Crippen molar-refractivity contribution in [3.05, 3.63) is 11.9 Å². The van der Waals surface area contributed by atoms with E-state index in [0.29, 0.717) is 31.7 Å². The average Bonchev–Trinajstić information content (AvgIpc) is 3.20. The van der Waals surface area contributed by atoms with Crippen molar-refractivity contribution in [3.8, 4) is 0 Å². The number of piperidine rings is 1. The van der Waals surface area contributed by atoms with Gasteiger partial charge in [0.25, 0.3) is 0 Å². The number of likely N-dealkylation sites (tertiary alicyclic amines) is 1. The van der Waals surface area contributed by atoms with Crippen LogP contribution >= 0.6 is 0 Å². The zero-order valence-corrected chi connectivity index (χ0v) is 14.4. The minimum Gasteiger partial charge on any atom is -0.384 e. The Balaban J connectivity index is 1.64. The predicted molar refractivity (Wildman–Crippen MR) is 82.3 cm³/mol. The molecule has 9 heteroatoms. The van der Waals surface area contributed by atoms with Gasteiger partial charge in [-0.05, 0) is 45.4 Å². The van der Waals surface area contributed by atoms with Gasteiger partial charge in [0.15, 0.2) is 0 Å². The number of carbonyl (C=O) groups excluding carboxylic acids is 1. The van der Waals surface area contributed by atoms with Gasteiger partial charge in [0.05, 0.1) is 6.20 Å². The minimum atomic E-state index is -4.47. The van der Waals surface area contributed by atoms with Crippen LogP contribution < -0.4 is 0 Å². The highest BCUT2D eigenvalue weighted by Gasteiger charge is 2.69. The maximum absolute atomic E-state index is 13.2. The highest BCUT2D eigenvalue weighted by molar-refractivity contribution is 5.86. The third-order valence-electron chi connectivity index (χ3n) is 5.12. The Kier molecular flexibility index (Phi) is 4.33. The summed E-state index contributed by atoms with van der Waals surface area (Å²) in [6.07, 6.45) is -1.54. The molecule has 0 radical (unpaired) electrons. The monoisotopic (exact) mass is 360 g/mol. The smallest absolute Gasteiger partial charge is 0.384 e. The van der Waals surface area contributed by atoms with Crippen molar-refractivity contribution in [2.75, 3.05) is 13.1 Å². The lowest BCUT2D eigenvalue weighted by Crippen LogP contribution is -2.48. The quantitative estimate of drug-likeness (QED) is 0.893. The average molecular weight is 360 g/mol. The van der Waals surface area contributed by atoms with E-state index in [1.807, 2.05) is 0 Å². The first-order valence-electron chi connectivity index (χ1n) is 8.52. The fourth-order valence-corrected chi connectivity index (χ4v) is 3.38. The Hall–Kier alpha value is -1.64. The number of amides is 1. The highest BCUT2D eigenvalue weighted by atomic mass is 19.4. The lowest BCUT2D eigenvalue weighted by Gasteiger charge is -2.35. The van der Waals surface area contributed by atoms with Gasteiger partial charge in [-0.15, -0.1) is 5.10 Å². The van der Waals surface area contributed by atoms with Gasteiger partial charge in [-0.2, -0.15) is 13.2 Å². The first-order valence-corrected chi connectivity index (χ1v) is 8.52. The van der Waals surface area contributed by atoms with Crippen molar-refractivity contribution in [2.45, 2.75) is 57.9 Å². The fourth-order valence-electron chi connectivity index (χ4n) is 3.38. The van der Waals surface area contributed by atoms with Gasteiger partial charge in [0, 0.05) is 19.6 Å². The van der Waals surface area contributed by atoms with Crippen molar-refractivity contribution in [3.63, 3.8) is 0 Å². The second-order valence-electron chi connectivity index (χ2n) is 7.72. The molecule has 1 aliphatic carbocycles. The second kappa shape index (κ2) is 5.96. The molecule has 1 aromatic heterocycles. The summed E-state index contributed by atoms with van der Waals surface area (Å²) in [5.41, 5.74) is -2.81. The summed E-state index contributed by atoms with van der Waals surface area (Å²) in [5, 5.41) is 17.8. The molecule has 0 unspecified atom stereocenters. The normalized spacial score (nSPS) is 23.6. The molecule has 2 fully saturated rings. The van der Waals surface area contributed by atoms with Gasteiger partial charge < -0.3 is 10.0 Å². The van der Waals surface area contributed by atoms with Crippen LogP contribution in [0.25, 0.3) is 0 Å². The number of aromatic nitrogens is 3. The SMILES string of the molecule is CC(C)(O)c1cn(C[C@@H]2CCCN(C(=O)C3(C(F)(F)F)CC3)C2)nn1. The van der Waals surface area contributed by atoms with E-state index in [-0.39, 0.29) is 18.8 Å². The number of hydrogen-bond acceptors (Lipinski definition) is 4. The Morgan fingerprint density at radius 2 is 2.08 bits per heavy atom. The maximum Gasteiger partial charge on any atom is 0.403 e. The first kappa shape index (κ1) is 18.2. The van der Waals surface area contributed by atoms with E-state index in [0.717, 1.165) is 6.42 Å². The third-order valence-corrected chi connectivity index (χ3v) is 5.12. The maximum atomic E-state index is 13.2. The Labute approximate surface area is 144 Å². The van der Waals surface area contributed by atoms with Crippen molar-refractivity contribution >= 4 is 5.91 Å². The third kappa shape index (κ3) is 3.51. The molecular weight excluding hydrogens is 337 g/mol. The van der Waals surface area contributed by atoms with Gasteiger partial charge in [-0.25, -0.2) is 0 Å². The number of hydrogen-bond donors (Lipinski definition) is 1. The molecule has 0 bridgehead atoms. The number of alkyl halides is 3. The van der Waals surface area contributed by atoms with E-state index in [9.17, 15) is 23.1 Å². The standard InChI is InChI=1S/C16H23F3N4O2/c1-14(2,25)12-10-23(21-20-12)9-11-4-3-7-22(8-11)13(24)15(5-6-15)16(17,18)19/h10-11,25H,3-9H2,1-2H3/t11-/m1/s1. The minimum absolute atomic E-state index is 0.0260. The molecule has 25 heavy (non-hydrogen) atoms. The summed E-state index contributed by atoms with van der Waals surface area (Å²) in [6.45, 7) is 4.35. The lowest BCUT2D eigenvalue weighted by atomic mass is 9.95. The summed E-state index contributed by atoms with van der Waals surface area (Å²) >= 11 is 0. The summed E-state index contributed by atoms with van der Waals surface area (Å²) < 4.78 is 41.1. The van der Waals surface area contributed by atoms with Crippen LogP contribution in [0.1, 0.15) is 45.2 Å². The first-order chi connectivity index (χ1) is 11.5. The Morgan fingerprint density at radius 3 is 2.60 bits per heavy atom. The molecule has 1 saturated carbocycles. The fraction of sp³-hybridized carbons (Fsp3) is 0.812. The van der Waals surface area contributed by atoms with Gasteiger partial charge in [-0.3, -0.25) is 9.48 Å². The molecule has 2 aliphatic rings. The summed E-state index contributed by atoms with van der Waals surface area (Å²) in [7, 11) is 0. The number of aliphatic hydroxyl groups is 1. The molecule has 1 saturated heterocycles. The van der Waals surface area contributed by atoms with E-state index in [1.165, 1.54) is 4.90 Å². The Bertz CT molecular complexity index is 647. The molecule has 3 rings (SSSR count). The molecule has 0 aromatic carbocycles. The van der Waals surface area contributed by atoms with E-state index >= 15 is 0 Å². The molecule has 1 N–H and O–H groups in total. The molecule has 140 valence electrons. The van der Waals surface area contributed by atoms with Crippen LogP contribution in [0.2, 0.25) is 0 Å². The zero-order chi connectivity index (χ0) is 18.5. The van der Waals surface area contributed by atoms with Crippen LogP contribution in [0, 0.1) is 11.3 Å². The van der Waals surface area contributed by atoms with Crippen molar-refractivity contribution in [1.29, 1.82) is 0 Å². The molecule has 1 amide bonds. The number of nitrogens with zero attached hydrogens (tertiary/aromatic N) is 4. The van der Waals surface area contributed by atoms with E-state index in [4.69, 9.17) is 0 Å². The van der Waals surface area contributed by atoms with Crippen molar-refractivity contribution in [2.24, 2.45) is 11.3 Å².